The summed E-state index contributed by atoms with van der Waals surface area (Å²) in [6.45, 7) is 4.18. The van der Waals surface area contributed by atoms with Crippen molar-refractivity contribution in [3.63, 3.8) is 0 Å². The Kier molecular flexibility index (Phi) is 2.59. The van der Waals surface area contributed by atoms with Gasteiger partial charge >= 0.3 is 0 Å². The molecule has 1 aromatic rings. The van der Waals surface area contributed by atoms with Crippen LogP contribution in [0.15, 0.2) is 24.8 Å². The van der Waals surface area contributed by atoms with Crippen LogP contribution in [0.1, 0.15) is 18.4 Å². The number of rotatable bonds is 1. The van der Waals surface area contributed by atoms with E-state index in [0.29, 0.717) is 5.02 Å². The van der Waals surface area contributed by atoms with Gasteiger partial charge in [0, 0.05) is 28.2 Å². The molecule has 18 heavy (non-hydrogen) atoms. The van der Waals surface area contributed by atoms with Crippen LogP contribution < -0.4 is 11.1 Å². The fourth-order valence-corrected chi connectivity index (χ4v) is 3.37. The SMILES string of the molecule is C=C1c2cc(Cl)ccc2N[C@@H]2[C@@H]1CC[C@@H]2C(N)=O. The lowest BCUT2D eigenvalue weighted by Crippen LogP contribution is -2.40. The average Bonchev–Trinajstić information content (AvgIpc) is 2.74. The number of primary amides is 1. The molecule has 0 unspecified atom stereocenters. The first kappa shape index (κ1) is 11.6. The van der Waals surface area contributed by atoms with Crippen LogP contribution in [-0.4, -0.2) is 11.9 Å². The predicted molar refractivity (Wildman–Crippen MR) is 73.3 cm³/mol. The monoisotopic (exact) mass is 262 g/mol. The van der Waals surface area contributed by atoms with Crippen molar-refractivity contribution in [3.8, 4) is 0 Å². The van der Waals surface area contributed by atoms with Crippen LogP contribution in [0.25, 0.3) is 5.57 Å². The summed E-state index contributed by atoms with van der Waals surface area (Å²) in [6, 6.07) is 5.80. The van der Waals surface area contributed by atoms with Crippen molar-refractivity contribution >= 4 is 28.8 Å². The summed E-state index contributed by atoms with van der Waals surface area (Å²) >= 11 is 6.02. The van der Waals surface area contributed by atoms with Gasteiger partial charge in [-0.2, -0.15) is 0 Å². The summed E-state index contributed by atoms with van der Waals surface area (Å²) in [5.74, 6) is -0.0377. The first-order valence-corrected chi connectivity index (χ1v) is 6.50. The fourth-order valence-electron chi connectivity index (χ4n) is 3.20. The lowest BCUT2D eigenvalue weighted by atomic mass is 9.83. The molecule has 1 aliphatic heterocycles. The van der Waals surface area contributed by atoms with Crippen molar-refractivity contribution < 1.29 is 4.79 Å². The molecule has 1 aliphatic carbocycles. The van der Waals surface area contributed by atoms with Gasteiger partial charge in [0.2, 0.25) is 5.91 Å². The molecule has 3 rings (SSSR count). The van der Waals surface area contributed by atoms with Gasteiger partial charge in [-0.05, 0) is 36.6 Å². The highest BCUT2D eigenvalue weighted by molar-refractivity contribution is 6.30. The number of benzene rings is 1. The van der Waals surface area contributed by atoms with Crippen LogP contribution in [0.5, 0.6) is 0 Å². The van der Waals surface area contributed by atoms with Gasteiger partial charge < -0.3 is 11.1 Å². The number of hydrogen-bond acceptors (Lipinski definition) is 2. The van der Waals surface area contributed by atoms with Crippen LogP contribution in [0.2, 0.25) is 5.02 Å². The van der Waals surface area contributed by atoms with Gasteiger partial charge in [-0.25, -0.2) is 0 Å². The molecule has 94 valence electrons. The number of hydrogen-bond donors (Lipinski definition) is 2. The maximum absolute atomic E-state index is 11.5. The van der Waals surface area contributed by atoms with Crippen molar-refractivity contribution in [2.24, 2.45) is 17.6 Å². The van der Waals surface area contributed by atoms with Gasteiger partial charge in [0.1, 0.15) is 0 Å². The van der Waals surface area contributed by atoms with Crippen molar-refractivity contribution in [1.82, 2.24) is 0 Å². The molecule has 1 heterocycles. The van der Waals surface area contributed by atoms with E-state index in [2.05, 4.69) is 11.9 Å². The molecule has 1 aromatic carbocycles. The minimum atomic E-state index is -0.222. The maximum Gasteiger partial charge on any atom is 0.222 e. The second-order valence-corrected chi connectivity index (χ2v) is 5.51. The zero-order chi connectivity index (χ0) is 12.9. The molecule has 3 N–H and O–H groups in total. The molecule has 3 nitrogen and oxygen atoms in total. The van der Waals surface area contributed by atoms with E-state index in [9.17, 15) is 4.79 Å². The zero-order valence-corrected chi connectivity index (χ0v) is 10.7. The molecule has 3 atom stereocenters. The molecule has 1 amide bonds. The largest absolute Gasteiger partial charge is 0.380 e. The Morgan fingerprint density at radius 3 is 2.94 bits per heavy atom. The Morgan fingerprint density at radius 2 is 2.22 bits per heavy atom. The Bertz CT molecular complexity index is 541. The van der Waals surface area contributed by atoms with Crippen LogP contribution in [-0.2, 0) is 4.79 Å². The normalized spacial score (nSPS) is 29.4. The summed E-state index contributed by atoms with van der Waals surface area (Å²) in [6.07, 6.45) is 1.79. The molecule has 2 aliphatic rings. The van der Waals surface area contributed by atoms with E-state index in [0.717, 1.165) is 29.7 Å². The maximum atomic E-state index is 11.5. The lowest BCUT2D eigenvalue weighted by molar-refractivity contribution is -0.121. The number of halogens is 1. The van der Waals surface area contributed by atoms with Crippen LogP contribution in [0.3, 0.4) is 0 Å². The number of amides is 1. The first-order valence-electron chi connectivity index (χ1n) is 6.12. The molecule has 0 aromatic heterocycles. The first-order chi connectivity index (χ1) is 8.58. The molecular formula is C14H15ClN2O. The third-order valence-corrected chi connectivity index (χ3v) is 4.35. The van der Waals surface area contributed by atoms with Gasteiger partial charge in [-0.15, -0.1) is 0 Å². The highest BCUT2D eigenvalue weighted by Gasteiger charge is 2.43. The smallest absolute Gasteiger partial charge is 0.222 e. The van der Waals surface area contributed by atoms with E-state index in [1.807, 2.05) is 18.2 Å². The molecule has 1 saturated carbocycles. The quantitative estimate of drug-likeness (QED) is 0.818. The number of anilines is 1. The van der Waals surface area contributed by atoms with Gasteiger partial charge in [0.25, 0.3) is 0 Å². The number of carbonyl (C=O) groups is 1. The van der Waals surface area contributed by atoms with Crippen molar-refractivity contribution in [3.05, 3.63) is 35.4 Å². The van der Waals surface area contributed by atoms with Crippen LogP contribution in [0.4, 0.5) is 5.69 Å². The third kappa shape index (κ3) is 1.62. The molecular weight excluding hydrogens is 248 g/mol. The topological polar surface area (TPSA) is 55.1 Å². The predicted octanol–water partition coefficient (Wildman–Crippen LogP) is 2.66. The van der Waals surface area contributed by atoms with E-state index in [1.54, 1.807) is 0 Å². The minimum absolute atomic E-state index is 0.0867. The number of carbonyl (C=O) groups excluding carboxylic acids is 1. The van der Waals surface area contributed by atoms with Crippen molar-refractivity contribution in [1.29, 1.82) is 0 Å². The Balaban J connectivity index is 2.02. The Morgan fingerprint density at radius 1 is 1.44 bits per heavy atom. The molecule has 0 spiro atoms. The summed E-state index contributed by atoms with van der Waals surface area (Å²) < 4.78 is 0. The van der Waals surface area contributed by atoms with E-state index in [-0.39, 0.29) is 23.8 Å². The van der Waals surface area contributed by atoms with Gasteiger partial charge in [0.15, 0.2) is 0 Å². The summed E-state index contributed by atoms with van der Waals surface area (Å²) in [5, 5.41) is 4.14. The second kappa shape index (κ2) is 4.02. The standard InChI is InChI=1S/C14H15ClN2O/c1-7-9-3-4-10(14(16)18)13(9)17-12-5-2-8(15)6-11(7)12/h2,5-6,9-10,13,17H,1,3-4H2,(H2,16,18)/t9-,10+,13-/m1/s1. The van der Waals surface area contributed by atoms with E-state index < -0.39 is 0 Å². The van der Waals surface area contributed by atoms with Crippen molar-refractivity contribution in [2.75, 3.05) is 5.32 Å². The minimum Gasteiger partial charge on any atom is -0.380 e. The molecule has 0 radical (unpaired) electrons. The molecule has 0 bridgehead atoms. The van der Waals surface area contributed by atoms with Gasteiger partial charge in [0.05, 0.1) is 5.92 Å². The van der Waals surface area contributed by atoms with Crippen LogP contribution in [0, 0.1) is 11.8 Å². The lowest BCUT2D eigenvalue weighted by Gasteiger charge is -2.34. The van der Waals surface area contributed by atoms with Gasteiger partial charge in [-0.1, -0.05) is 18.2 Å². The number of nitrogens with two attached hydrogens (primary N) is 1. The van der Waals surface area contributed by atoms with E-state index in [1.165, 1.54) is 0 Å². The highest BCUT2D eigenvalue weighted by Crippen LogP contribution is 2.46. The second-order valence-electron chi connectivity index (χ2n) is 5.08. The molecule has 4 heteroatoms. The summed E-state index contributed by atoms with van der Waals surface area (Å²) in [5.41, 5.74) is 8.60. The fraction of sp³-hybridized carbons (Fsp3) is 0.357. The zero-order valence-electron chi connectivity index (χ0n) is 9.95. The molecule has 0 saturated heterocycles. The van der Waals surface area contributed by atoms with Gasteiger partial charge in [-0.3, -0.25) is 4.79 Å². The Labute approximate surface area is 111 Å². The summed E-state index contributed by atoms with van der Waals surface area (Å²) in [4.78, 5) is 11.5. The molecule has 1 fully saturated rings. The van der Waals surface area contributed by atoms with Crippen LogP contribution >= 0.6 is 11.6 Å². The highest BCUT2D eigenvalue weighted by atomic mass is 35.5. The van der Waals surface area contributed by atoms with E-state index >= 15 is 0 Å². The average molecular weight is 263 g/mol. The number of fused-ring (bicyclic) bond motifs is 2. The van der Waals surface area contributed by atoms with Crippen molar-refractivity contribution in [2.45, 2.75) is 18.9 Å². The number of nitrogens with one attached hydrogen (secondary N) is 1. The summed E-state index contributed by atoms with van der Waals surface area (Å²) in [7, 11) is 0. The third-order valence-electron chi connectivity index (χ3n) is 4.12. The van der Waals surface area contributed by atoms with E-state index in [4.69, 9.17) is 17.3 Å². The Hall–Kier alpha value is -1.48.